The van der Waals surface area contributed by atoms with Gasteiger partial charge in [0.25, 0.3) is 5.91 Å². The summed E-state index contributed by atoms with van der Waals surface area (Å²) < 4.78 is 0. The minimum absolute atomic E-state index is 0.0458. The van der Waals surface area contributed by atoms with Gasteiger partial charge in [-0.15, -0.1) is 10.2 Å². The van der Waals surface area contributed by atoms with Crippen molar-refractivity contribution in [3.63, 3.8) is 0 Å². The molecule has 1 rings (SSSR count). The molecule has 2 amide bonds. The van der Waals surface area contributed by atoms with Crippen LogP contribution in [0.5, 0.6) is 0 Å². The fourth-order valence-electron chi connectivity index (χ4n) is 1.09. The number of rotatable bonds is 5. The topological polar surface area (TPSA) is 84.0 Å². The van der Waals surface area contributed by atoms with Gasteiger partial charge in [-0.1, -0.05) is 25.4 Å². The van der Waals surface area contributed by atoms with E-state index in [2.05, 4.69) is 20.8 Å². The molecule has 1 heterocycles. The van der Waals surface area contributed by atoms with Crippen LogP contribution in [0.3, 0.4) is 0 Å². The highest BCUT2D eigenvalue weighted by Crippen LogP contribution is 2.01. The third kappa shape index (κ3) is 4.67. The quantitative estimate of drug-likeness (QED) is 0.769. The van der Waals surface area contributed by atoms with Gasteiger partial charge in [0.2, 0.25) is 5.91 Å². The van der Waals surface area contributed by atoms with Crippen molar-refractivity contribution in [3.05, 3.63) is 23.0 Å². The van der Waals surface area contributed by atoms with Crippen LogP contribution in [-0.2, 0) is 4.79 Å². The van der Waals surface area contributed by atoms with E-state index in [4.69, 9.17) is 11.6 Å². The van der Waals surface area contributed by atoms with Gasteiger partial charge in [-0.25, -0.2) is 0 Å². The van der Waals surface area contributed by atoms with E-state index in [9.17, 15) is 9.59 Å². The van der Waals surface area contributed by atoms with Gasteiger partial charge in [0, 0.05) is 19.0 Å². The summed E-state index contributed by atoms with van der Waals surface area (Å²) >= 11 is 5.55. The molecule has 0 bridgehead atoms. The lowest BCUT2D eigenvalue weighted by atomic mass is 10.2. The number of nitrogens with zero attached hydrogens (tertiary/aromatic N) is 2. The lowest BCUT2D eigenvalue weighted by molar-refractivity contribution is -0.123. The Morgan fingerprint density at radius 1 is 1.22 bits per heavy atom. The van der Waals surface area contributed by atoms with Crippen molar-refractivity contribution in [1.82, 2.24) is 20.8 Å². The summed E-state index contributed by atoms with van der Waals surface area (Å²) in [6.45, 7) is 4.32. The molecule has 0 saturated carbocycles. The number of hydrogen-bond acceptors (Lipinski definition) is 4. The Hall–Kier alpha value is -1.69. The van der Waals surface area contributed by atoms with E-state index < -0.39 is 0 Å². The molecular weight excluding hydrogens is 256 g/mol. The first kappa shape index (κ1) is 14.4. The van der Waals surface area contributed by atoms with Crippen molar-refractivity contribution in [2.75, 3.05) is 13.1 Å². The maximum absolute atomic E-state index is 11.6. The van der Waals surface area contributed by atoms with E-state index in [1.807, 2.05) is 0 Å². The molecule has 0 radical (unpaired) electrons. The minimum atomic E-state index is -0.349. The monoisotopic (exact) mass is 270 g/mol. The predicted molar refractivity (Wildman–Crippen MR) is 67.2 cm³/mol. The van der Waals surface area contributed by atoms with Crippen LogP contribution in [0.2, 0.25) is 5.15 Å². The Labute approximate surface area is 110 Å². The maximum atomic E-state index is 11.6. The van der Waals surface area contributed by atoms with Crippen LogP contribution in [0, 0.1) is 5.92 Å². The molecule has 0 spiro atoms. The number of nitrogens with one attached hydrogen (secondary N) is 2. The van der Waals surface area contributed by atoms with Crippen molar-refractivity contribution in [2.45, 2.75) is 13.8 Å². The number of amides is 2. The van der Waals surface area contributed by atoms with Crippen LogP contribution in [0.15, 0.2) is 12.1 Å². The fourth-order valence-corrected chi connectivity index (χ4v) is 1.19. The van der Waals surface area contributed by atoms with Gasteiger partial charge in [-0.3, -0.25) is 9.59 Å². The highest BCUT2D eigenvalue weighted by molar-refractivity contribution is 6.29. The largest absolute Gasteiger partial charge is 0.354 e. The standard InChI is InChI=1S/C11H15ClN4O2/c1-7(2)10(17)13-5-6-14-11(18)8-3-4-9(12)16-15-8/h3-4,7H,5-6H2,1-2H3,(H,13,17)(H,14,18). The Balaban J connectivity index is 2.29. The number of halogens is 1. The Bertz CT molecular complexity index is 420. The first-order valence-electron chi connectivity index (χ1n) is 5.56. The highest BCUT2D eigenvalue weighted by atomic mass is 35.5. The van der Waals surface area contributed by atoms with Gasteiger partial charge in [-0.2, -0.15) is 0 Å². The molecule has 98 valence electrons. The van der Waals surface area contributed by atoms with Crippen LogP contribution in [0.4, 0.5) is 0 Å². The van der Waals surface area contributed by atoms with Crippen molar-refractivity contribution in [1.29, 1.82) is 0 Å². The molecular formula is C11H15ClN4O2. The molecule has 1 aromatic rings. The maximum Gasteiger partial charge on any atom is 0.271 e. The van der Waals surface area contributed by atoms with Crippen LogP contribution < -0.4 is 10.6 Å². The molecule has 0 aliphatic rings. The number of hydrogen-bond donors (Lipinski definition) is 2. The Morgan fingerprint density at radius 3 is 2.44 bits per heavy atom. The summed E-state index contributed by atoms with van der Waals surface area (Å²) in [5.41, 5.74) is 0.189. The average molecular weight is 271 g/mol. The van der Waals surface area contributed by atoms with Crippen LogP contribution in [0.25, 0.3) is 0 Å². The van der Waals surface area contributed by atoms with Gasteiger partial charge in [-0.05, 0) is 12.1 Å². The second-order valence-electron chi connectivity index (χ2n) is 3.94. The van der Waals surface area contributed by atoms with E-state index >= 15 is 0 Å². The zero-order valence-corrected chi connectivity index (χ0v) is 11.0. The number of aromatic nitrogens is 2. The van der Waals surface area contributed by atoms with Crippen LogP contribution >= 0.6 is 11.6 Å². The highest BCUT2D eigenvalue weighted by Gasteiger charge is 2.08. The molecule has 0 unspecified atom stereocenters. The minimum Gasteiger partial charge on any atom is -0.354 e. The zero-order valence-electron chi connectivity index (χ0n) is 10.2. The first-order valence-corrected chi connectivity index (χ1v) is 5.93. The first-order chi connectivity index (χ1) is 8.50. The zero-order chi connectivity index (χ0) is 13.5. The molecule has 18 heavy (non-hydrogen) atoms. The SMILES string of the molecule is CC(C)C(=O)NCCNC(=O)c1ccc(Cl)nn1. The van der Waals surface area contributed by atoms with Gasteiger partial charge in [0.1, 0.15) is 0 Å². The van der Waals surface area contributed by atoms with E-state index in [1.165, 1.54) is 12.1 Å². The Kier molecular flexibility index (Phi) is 5.51. The third-order valence-electron chi connectivity index (χ3n) is 2.10. The molecule has 0 aromatic carbocycles. The van der Waals surface area contributed by atoms with Crippen LogP contribution in [-0.4, -0.2) is 35.1 Å². The molecule has 6 nitrogen and oxygen atoms in total. The molecule has 0 fully saturated rings. The number of carbonyl (C=O) groups is 2. The van der Waals surface area contributed by atoms with E-state index in [-0.39, 0.29) is 28.6 Å². The second kappa shape index (κ2) is 6.90. The molecule has 0 aliphatic heterocycles. The normalized spacial score (nSPS) is 10.2. The van der Waals surface area contributed by atoms with E-state index in [1.54, 1.807) is 13.8 Å². The molecule has 1 aromatic heterocycles. The third-order valence-corrected chi connectivity index (χ3v) is 2.30. The summed E-state index contributed by atoms with van der Waals surface area (Å²) in [5.74, 6) is -0.462. The van der Waals surface area contributed by atoms with Gasteiger partial charge in [0.15, 0.2) is 10.8 Å². The van der Waals surface area contributed by atoms with E-state index in [0.29, 0.717) is 13.1 Å². The predicted octanol–water partition coefficient (Wildman–Crippen LogP) is 0.632. The van der Waals surface area contributed by atoms with Crippen molar-refractivity contribution in [2.24, 2.45) is 5.92 Å². The summed E-state index contributed by atoms with van der Waals surface area (Å²) in [6.07, 6.45) is 0. The molecule has 0 atom stereocenters. The van der Waals surface area contributed by atoms with Crippen molar-refractivity contribution in [3.8, 4) is 0 Å². The molecule has 2 N–H and O–H groups in total. The van der Waals surface area contributed by atoms with Gasteiger partial charge < -0.3 is 10.6 Å². The summed E-state index contributed by atoms with van der Waals surface area (Å²) in [5, 5.41) is 12.7. The van der Waals surface area contributed by atoms with Crippen LogP contribution in [0.1, 0.15) is 24.3 Å². The fraction of sp³-hybridized carbons (Fsp3) is 0.455. The summed E-state index contributed by atoms with van der Waals surface area (Å²) in [6, 6.07) is 2.97. The number of carbonyl (C=O) groups excluding carboxylic acids is 2. The Morgan fingerprint density at radius 2 is 1.89 bits per heavy atom. The molecule has 7 heteroatoms. The summed E-state index contributed by atoms with van der Waals surface area (Å²) in [4.78, 5) is 22.8. The van der Waals surface area contributed by atoms with E-state index in [0.717, 1.165) is 0 Å². The van der Waals surface area contributed by atoms with Crippen molar-refractivity contribution < 1.29 is 9.59 Å². The average Bonchev–Trinajstić information content (AvgIpc) is 2.34. The lowest BCUT2D eigenvalue weighted by Gasteiger charge is -2.08. The molecule has 0 saturated heterocycles. The summed E-state index contributed by atoms with van der Waals surface area (Å²) in [7, 11) is 0. The smallest absolute Gasteiger partial charge is 0.271 e. The van der Waals surface area contributed by atoms with Gasteiger partial charge >= 0.3 is 0 Å². The lowest BCUT2D eigenvalue weighted by Crippen LogP contribution is -2.36. The van der Waals surface area contributed by atoms with Gasteiger partial charge in [0.05, 0.1) is 0 Å². The van der Waals surface area contributed by atoms with Crippen molar-refractivity contribution >= 4 is 23.4 Å². The molecule has 0 aliphatic carbocycles. The second-order valence-corrected chi connectivity index (χ2v) is 4.33.